The van der Waals surface area contributed by atoms with Gasteiger partial charge in [0.05, 0.1) is 15.2 Å². The number of hydrogen-bond donors (Lipinski definition) is 0. The van der Waals surface area contributed by atoms with Crippen LogP contribution in [-0.2, 0) is 0 Å². The number of halogens is 1. The van der Waals surface area contributed by atoms with E-state index in [1.165, 1.54) is 0 Å². The van der Waals surface area contributed by atoms with E-state index in [2.05, 4.69) is 125 Å². The highest BCUT2D eigenvalue weighted by Crippen LogP contribution is 2.71. The van der Waals surface area contributed by atoms with Gasteiger partial charge in [-0.2, -0.15) is 11.1 Å². The van der Waals surface area contributed by atoms with Crippen molar-refractivity contribution in [3.8, 4) is 0 Å². The molecule has 28 heavy (non-hydrogen) atoms. The molecule has 0 aliphatic rings. The normalized spacial score (nSPS) is 16.7. The molecule has 0 aliphatic heterocycles. The molecule has 0 saturated carbocycles. The first-order valence-corrected chi connectivity index (χ1v) is 19.7. The van der Waals surface area contributed by atoms with Crippen molar-refractivity contribution in [2.24, 2.45) is 0 Å². The van der Waals surface area contributed by atoms with Gasteiger partial charge in [-0.15, -0.1) is 0 Å². The topological polar surface area (TPSA) is 0 Å². The Hall–Kier alpha value is 0.941. The first-order chi connectivity index (χ1) is 11.7. The molecular formula is C24H54ClSi3. The molecule has 169 valence electrons. The quantitative estimate of drug-likeness (QED) is 0.283. The predicted molar refractivity (Wildman–Crippen MR) is 141 cm³/mol. The Kier molecular flexibility index (Phi) is 7.77. The van der Waals surface area contributed by atoms with Crippen LogP contribution in [0.3, 0.4) is 0 Å². The van der Waals surface area contributed by atoms with Gasteiger partial charge in [0, 0.05) is 0 Å². The van der Waals surface area contributed by atoms with E-state index in [4.69, 9.17) is 11.1 Å². The summed E-state index contributed by atoms with van der Waals surface area (Å²) in [4.78, 5) is 0. The van der Waals surface area contributed by atoms with E-state index in [1.54, 1.807) is 0 Å². The van der Waals surface area contributed by atoms with Crippen LogP contribution in [0.2, 0.25) is 30.2 Å². The van der Waals surface area contributed by atoms with Crippen LogP contribution in [0.5, 0.6) is 0 Å². The Labute approximate surface area is 187 Å². The van der Waals surface area contributed by atoms with Crippen molar-refractivity contribution in [1.29, 1.82) is 0 Å². The summed E-state index contributed by atoms with van der Waals surface area (Å²) in [6.07, 6.45) is 0. The Morgan fingerprint density at radius 2 is 0.464 bits per heavy atom. The lowest BCUT2D eigenvalue weighted by Crippen LogP contribution is -2.81. The fourth-order valence-electron chi connectivity index (χ4n) is 9.01. The number of hydrogen-bond acceptors (Lipinski definition) is 0. The van der Waals surface area contributed by atoms with Crippen LogP contribution in [0.25, 0.3) is 0 Å². The molecule has 0 aromatic carbocycles. The van der Waals surface area contributed by atoms with Gasteiger partial charge in [-0.1, -0.05) is 125 Å². The average Bonchev–Trinajstić information content (AvgIpc) is 2.14. The van der Waals surface area contributed by atoms with Gasteiger partial charge in [-0.3, -0.25) is 0 Å². The summed E-state index contributed by atoms with van der Waals surface area (Å²) in [5, 5.41) is 1.50. The van der Waals surface area contributed by atoms with E-state index in [1.807, 2.05) is 0 Å². The van der Waals surface area contributed by atoms with Gasteiger partial charge in [0.2, 0.25) is 0 Å². The zero-order valence-electron chi connectivity index (χ0n) is 22.9. The highest BCUT2D eigenvalue weighted by molar-refractivity contribution is 7.77. The van der Waals surface area contributed by atoms with Crippen molar-refractivity contribution in [3.05, 3.63) is 0 Å². The highest BCUT2D eigenvalue weighted by atomic mass is 35.6. The molecule has 0 fully saturated rings. The molecule has 0 saturated heterocycles. The lowest BCUT2D eigenvalue weighted by Gasteiger charge is -2.70. The molecule has 0 unspecified atom stereocenters. The zero-order valence-corrected chi connectivity index (χ0v) is 26.6. The van der Waals surface area contributed by atoms with E-state index in [9.17, 15) is 0 Å². The van der Waals surface area contributed by atoms with Crippen LogP contribution in [0.4, 0.5) is 0 Å². The van der Waals surface area contributed by atoms with Crippen LogP contribution in [0, 0.1) is 0 Å². The predicted octanol–water partition coefficient (Wildman–Crippen LogP) is 10.1. The SMILES string of the molecule is CC(C)(C)[Si]([Si](Cl)[Si](C(C)(C)C)(C(C)(C)C)C(C)(C)C)(C(C)(C)C)C(C)(C)C. The molecule has 0 N–H and O–H groups in total. The molecule has 4 heteroatoms. The molecule has 1 radical (unpaired) electrons. The summed E-state index contributed by atoms with van der Waals surface area (Å²) in [5.74, 6) is 0. The largest absolute Gasteiger partial charge is 0.176 e. The summed E-state index contributed by atoms with van der Waals surface area (Å²) >= 11 is 8.26. The van der Waals surface area contributed by atoms with Crippen LogP contribution in [0.1, 0.15) is 125 Å². The second-order valence-corrected chi connectivity index (χ2v) is 40.0. The summed E-state index contributed by atoms with van der Waals surface area (Å²) in [5.41, 5.74) is 0. The Morgan fingerprint density at radius 1 is 0.357 bits per heavy atom. The second kappa shape index (κ2) is 7.52. The Morgan fingerprint density at radius 3 is 0.536 bits per heavy atom. The van der Waals surface area contributed by atoms with Crippen LogP contribution >= 0.6 is 11.1 Å². The molecule has 0 aliphatic carbocycles. The van der Waals surface area contributed by atoms with Crippen LogP contribution < -0.4 is 0 Å². The number of rotatable bonds is 2. The Balaban J connectivity index is 7.83. The van der Waals surface area contributed by atoms with E-state index in [0.717, 1.165) is 0 Å². The van der Waals surface area contributed by atoms with Crippen molar-refractivity contribution in [1.82, 2.24) is 0 Å². The maximum atomic E-state index is 8.26. The van der Waals surface area contributed by atoms with Gasteiger partial charge < -0.3 is 0 Å². The van der Waals surface area contributed by atoms with Gasteiger partial charge in [-0.05, 0) is 30.2 Å². The van der Waals surface area contributed by atoms with Gasteiger partial charge in [-0.25, -0.2) is 0 Å². The summed E-state index contributed by atoms with van der Waals surface area (Å²) in [7, 11) is -5.26. The van der Waals surface area contributed by atoms with Crippen LogP contribution in [-0.4, -0.2) is 22.3 Å². The molecule has 0 aromatic heterocycles. The van der Waals surface area contributed by atoms with Crippen molar-refractivity contribution in [2.75, 3.05) is 0 Å². The van der Waals surface area contributed by atoms with Crippen molar-refractivity contribution >= 4 is 33.4 Å². The molecule has 0 atom stereocenters. The summed E-state index contributed by atoms with van der Waals surface area (Å²) in [6.45, 7) is 45.4. The minimum atomic E-state index is -2.04. The molecule has 0 aromatic rings. The third kappa shape index (κ3) is 4.05. The first-order valence-electron chi connectivity index (χ1n) is 11.2. The van der Waals surface area contributed by atoms with Gasteiger partial charge in [0.25, 0.3) is 0 Å². The highest BCUT2D eigenvalue weighted by Gasteiger charge is 2.75. The third-order valence-electron chi connectivity index (χ3n) is 7.41. The molecule has 0 nitrogen and oxygen atoms in total. The molecule has 0 bridgehead atoms. The molecule has 0 amide bonds. The monoisotopic (exact) mass is 461 g/mol. The lowest BCUT2D eigenvalue weighted by molar-refractivity contribution is 0.544. The smallest absolute Gasteiger partial charge is 0.147 e. The lowest BCUT2D eigenvalue weighted by atomic mass is 10.2. The maximum Gasteiger partial charge on any atom is 0.147 e. The molecule has 0 rings (SSSR count). The van der Waals surface area contributed by atoms with Crippen molar-refractivity contribution in [3.63, 3.8) is 0 Å². The fourth-order valence-corrected chi connectivity index (χ4v) is 81.2. The second-order valence-electron chi connectivity index (χ2n) is 15.3. The van der Waals surface area contributed by atoms with Crippen molar-refractivity contribution < 1.29 is 0 Å². The standard InChI is InChI=1S/C24H54ClSi3/c1-19(2,3)27(20(4,5)6,21(7,8)9)26(25)28(22(10,11)12,23(13,14)15)24(16,17)18/h1-18H3. The Bertz CT molecular complexity index is 415. The van der Waals surface area contributed by atoms with E-state index in [0.29, 0.717) is 0 Å². The summed E-state index contributed by atoms with van der Waals surface area (Å²) < 4.78 is 0. The van der Waals surface area contributed by atoms with E-state index < -0.39 is 22.3 Å². The minimum Gasteiger partial charge on any atom is -0.176 e. The maximum absolute atomic E-state index is 8.26. The zero-order chi connectivity index (χ0) is 23.6. The fraction of sp³-hybridized carbons (Fsp3) is 1.00. The summed E-state index contributed by atoms with van der Waals surface area (Å²) in [6, 6.07) is 0. The third-order valence-corrected chi connectivity index (χ3v) is 51.5. The average molecular weight is 462 g/mol. The van der Waals surface area contributed by atoms with Gasteiger partial charge in [0.15, 0.2) is 0 Å². The van der Waals surface area contributed by atoms with E-state index in [-0.39, 0.29) is 30.2 Å². The minimum absolute atomic E-state index is 0.250. The molecule has 0 heterocycles. The van der Waals surface area contributed by atoms with E-state index >= 15 is 0 Å². The van der Waals surface area contributed by atoms with Gasteiger partial charge >= 0.3 is 0 Å². The first kappa shape index (κ1) is 28.9. The molecular weight excluding hydrogens is 408 g/mol. The van der Waals surface area contributed by atoms with Gasteiger partial charge in [0.1, 0.15) is 7.14 Å². The van der Waals surface area contributed by atoms with Crippen LogP contribution in [0.15, 0.2) is 0 Å². The van der Waals surface area contributed by atoms with Crippen molar-refractivity contribution in [2.45, 2.75) is 155 Å². The molecule has 0 spiro atoms.